The second-order valence-electron chi connectivity index (χ2n) is 5.70. The summed E-state index contributed by atoms with van der Waals surface area (Å²) in [7, 11) is 0. The van der Waals surface area contributed by atoms with E-state index >= 15 is 0 Å². The summed E-state index contributed by atoms with van der Waals surface area (Å²) in [4.78, 5) is 14.7. The fourth-order valence-corrected chi connectivity index (χ4v) is 3.28. The van der Waals surface area contributed by atoms with Gasteiger partial charge < -0.3 is 15.4 Å². The molecule has 0 atom stereocenters. The van der Waals surface area contributed by atoms with Gasteiger partial charge in [-0.3, -0.25) is 4.79 Å². The second-order valence-corrected chi connectivity index (χ2v) is 5.70. The number of ether oxygens (including phenoxy) is 1. The maximum Gasteiger partial charge on any atom is 0.254 e. The first-order valence-electron chi connectivity index (χ1n) is 7.50. The van der Waals surface area contributed by atoms with Crippen LogP contribution < -0.4 is 5.73 Å². The molecule has 0 unspecified atom stereocenters. The zero-order valence-electron chi connectivity index (χ0n) is 11.8. The maximum atomic E-state index is 12.8. The van der Waals surface area contributed by atoms with Crippen LogP contribution >= 0.6 is 0 Å². The highest BCUT2D eigenvalue weighted by Crippen LogP contribution is 2.26. The minimum absolute atomic E-state index is 0.122. The molecule has 4 heteroatoms. The van der Waals surface area contributed by atoms with E-state index in [1.165, 1.54) is 18.4 Å². The molecule has 1 aromatic carbocycles. The van der Waals surface area contributed by atoms with E-state index in [1.54, 1.807) is 0 Å². The van der Waals surface area contributed by atoms with Crippen LogP contribution in [0.3, 0.4) is 0 Å². The predicted octanol–water partition coefficient (Wildman–Crippen LogP) is 2.06. The Balaban J connectivity index is 1.81. The monoisotopic (exact) mass is 274 g/mol. The largest absolute Gasteiger partial charge is 0.372 e. The molecule has 0 bridgehead atoms. The molecule has 1 aromatic rings. The third kappa shape index (κ3) is 2.58. The molecule has 1 heterocycles. The van der Waals surface area contributed by atoms with Gasteiger partial charge in [-0.05, 0) is 36.1 Å². The van der Waals surface area contributed by atoms with Gasteiger partial charge in [-0.2, -0.15) is 0 Å². The Labute approximate surface area is 119 Å². The number of fused-ring (bicyclic) bond motifs is 1. The van der Waals surface area contributed by atoms with Crippen molar-refractivity contribution in [3.05, 3.63) is 34.9 Å². The molecule has 1 aliphatic heterocycles. The summed E-state index contributed by atoms with van der Waals surface area (Å²) >= 11 is 0. The quantitative estimate of drug-likeness (QED) is 0.914. The number of nitrogens with two attached hydrogens (primary N) is 1. The molecule has 1 saturated carbocycles. The van der Waals surface area contributed by atoms with Gasteiger partial charge in [0, 0.05) is 24.7 Å². The number of nitrogens with zero attached hydrogens (tertiary/aromatic N) is 1. The molecule has 1 amide bonds. The van der Waals surface area contributed by atoms with Gasteiger partial charge in [0.2, 0.25) is 0 Å². The lowest BCUT2D eigenvalue weighted by Gasteiger charge is -2.28. The van der Waals surface area contributed by atoms with Gasteiger partial charge in [0.25, 0.3) is 5.91 Å². The fourth-order valence-electron chi connectivity index (χ4n) is 3.28. The summed E-state index contributed by atoms with van der Waals surface area (Å²) in [5.74, 6) is 0.122. The normalized spacial score (nSPS) is 18.2. The topological polar surface area (TPSA) is 55.6 Å². The molecule has 108 valence electrons. The molecule has 4 nitrogen and oxygen atoms in total. The summed E-state index contributed by atoms with van der Waals surface area (Å²) in [6.07, 6.45) is 4.66. The highest BCUT2D eigenvalue weighted by molar-refractivity contribution is 5.94. The van der Waals surface area contributed by atoms with E-state index in [4.69, 9.17) is 10.5 Å². The number of hydrogen-bond acceptors (Lipinski definition) is 3. The molecule has 0 spiro atoms. The lowest BCUT2D eigenvalue weighted by atomic mass is 10.0. The van der Waals surface area contributed by atoms with Crippen LogP contribution in [0.5, 0.6) is 0 Å². The Morgan fingerprint density at radius 2 is 2.00 bits per heavy atom. The van der Waals surface area contributed by atoms with Crippen molar-refractivity contribution >= 4 is 5.91 Å². The van der Waals surface area contributed by atoms with Crippen molar-refractivity contribution in [3.8, 4) is 0 Å². The summed E-state index contributed by atoms with van der Waals surface area (Å²) in [5.41, 5.74) is 8.81. The highest BCUT2D eigenvalue weighted by atomic mass is 16.5. The first-order chi connectivity index (χ1) is 9.79. The average Bonchev–Trinajstić information content (AvgIpc) is 3.13. The number of benzene rings is 1. The number of rotatable bonds is 4. The van der Waals surface area contributed by atoms with Crippen molar-refractivity contribution < 1.29 is 9.53 Å². The maximum absolute atomic E-state index is 12.8. The molecule has 0 aromatic heterocycles. The van der Waals surface area contributed by atoms with Crippen LogP contribution in [-0.4, -0.2) is 29.9 Å². The smallest absolute Gasteiger partial charge is 0.254 e. The number of carbonyl (C=O) groups excluding carboxylic acids is 1. The van der Waals surface area contributed by atoms with Crippen LogP contribution in [0, 0.1) is 0 Å². The number of carbonyl (C=O) groups is 1. The van der Waals surface area contributed by atoms with Crippen molar-refractivity contribution in [1.29, 1.82) is 0 Å². The van der Waals surface area contributed by atoms with E-state index in [1.807, 2.05) is 23.1 Å². The van der Waals surface area contributed by atoms with Crippen LogP contribution in [0.2, 0.25) is 0 Å². The first-order valence-corrected chi connectivity index (χ1v) is 7.50. The minimum atomic E-state index is 0.122. The Morgan fingerprint density at radius 3 is 2.75 bits per heavy atom. The van der Waals surface area contributed by atoms with Crippen molar-refractivity contribution in [2.24, 2.45) is 5.73 Å². The number of hydrogen-bond donors (Lipinski definition) is 1. The van der Waals surface area contributed by atoms with Gasteiger partial charge in [0.15, 0.2) is 0 Å². The Hall–Kier alpha value is -1.39. The Kier molecular flexibility index (Phi) is 4.03. The van der Waals surface area contributed by atoms with Gasteiger partial charge >= 0.3 is 0 Å². The van der Waals surface area contributed by atoms with Crippen molar-refractivity contribution in [1.82, 2.24) is 4.90 Å². The van der Waals surface area contributed by atoms with Gasteiger partial charge in [-0.25, -0.2) is 0 Å². The SMILES string of the molecule is NCCN(C(=O)c1ccc2c(c1)COC2)C1CCCC1. The van der Waals surface area contributed by atoms with Crippen LogP contribution in [-0.2, 0) is 18.0 Å². The summed E-state index contributed by atoms with van der Waals surface area (Å²) in [5, 5.41) is 0. The van der Waals surface area contributed by atoms with Gasteiger partial charge in [-0.15, -0.1) is 0 Å². The van der Waals surface area contributed by atoms with Crippen LogP contribution in [0.25, 0.3) is 0 Å². The second kappa shape index (κ2) is 5.94. The predicted molar refractivity (Wildman–Crippen MR) is 77.3 cm³/mol. The van der Waals surface area contributed by atoms with E-state index in [0.29, 0.717) is 32.3 Å². The molecule has 1 aliphatic carbocycles. The van der Waals surface area contributed by atoms with E-state index in [-0.39, 0.29) is 5.91 Å². The summed E-state index contributed by atoms with van der Waals surface area (Å²) < 4.78 is 5.41. The average molecular weight is 274 g/mol. The Bertz CT molecular complexity index is 495. The molecule has 2 N–H and O–H groups in total. The van der Waals surface area contributed by atoms with E-state index in [0.717, 1.165) is 24.0 Å². The van der Waals surface area contributed by atoms with Gasteiger partial charge in [0.1, 0.15) is 0 Å². The van der Waals surface area contributed by atoms with E-state index < -0.39 is 0 Å². The molecule has 2 aliphatic rings. The van der Waals surface area contributed by atoms with Crippen LogP contribution in [0.15, 0.2) is 18.2 Å². The van der Waals surface area contributed by atoms with Gasteiger partial charge in [-0.1, -0.05) is 18.9 Å². The van der Waals surface area contributed by atoms with Crippen LogP contribution in [0.1, 0.15) is 47.2 Å². The third-order valence-corrected chi connectivity index (χ3v) is 4.36. The fraction of sp³-hybridized carbons (Fsp3) is 0.562. The van der Waals surface area contributed by atoms with E-state index in [2.05, 4.69) is 0 Å². The molecule has 3 rings (SSSR count). The molecular weight excluding hydrogens is 252 g/mol. The van der Waals surface area contributed by atoms with Crippen molar-refractivity contribution in [2.75, 3.05) is 13.1 Å². The third-order valence-electron chi connectivity index (χ3n) is 4.36. The lowest BCUT2D eigenvalue weighted by Crippen LogP contribution is -2.42. The van der Waals surface area contributed by atoms with Crippen LogP contribution in [0.4, 0.5) is 0 Å². The minimum Gasteiger partial charge on any atom is -0.372 e. The standard InChI is InChI=1S/C16H22N2O2/c17-7-8-18(15-3-1-2-4-15)16(19)12-5-6-13-10-20-11-14(13)9-12/h5-6,9,15H,1-4,7-8,10-11,17H2. The lowest BCUT2D eigenvalue weighted by molar-refractivity contribution is 0.0688. The highest BCUT2D eigenvalue weighted by Gasteiger charge is 2.27. The zero-order valence-corrected chi connectivity index (χ0v) is 11.8. The van der Waals surface area contributed by atoms with E-state index in [9.17, 15) is 4.79 Å². The molecule has 0 radical (unpaired) electrons. The molecular formula is C16H22N2O2. The number of amides is 1. The Morgan fingerprint density at radius 1 is 1.25 bits per heavy atom. The van der Waals surface area contributed by atoms with Crippen molar-refractivity contribution in [2.45, 2.75) is 44.9 Å². The zero-order chi connectivity index (χ0) is 13.9. The summed E-state index contributed by atoms with van der Waals surface area (Å²) in [6, 6.07) is 6.30. The first kappa shape index (κ1) is 13.6. The summed E-state index contributed by atoms with van der Waals surface area (Å²) in [6.45, 7) is 2.46. The molecule has 1 fully saturated rings. The molecule has 20 heavy (non-hydrogen) atoms. The molecule has 0 saturated heterocycles. The van der Waals surface area contributed by atoms with Crippen molar-refractivity contribution in [3.63, 3.8) is 0 Å². The van der Waals surface area contributed by atoms with Gasteiger partial charge in [0.05, 0.1) is 13.2 Å².